The predicted octanol–water partition coefficient (Wildman–Crippen LogP) is 3.82. The van der Waals surface area contributed by atoms with Gasteiger partial charge in [0, 0.05) is 29.0 Å². The lowest BCUT2D eigenvalue weighted by Crippen LogP contribution is -2.21. The van der Waals surface area contributed by atoms with Crippen LogP contribution in [0.4, 0.5) is 0 Å². The Morgan fingerprint density at radius 3 is 2.94 bits per heavy atom. The Labute approximate surface area is 113 Å². The Morgan fingerprint density at radius 1 is 1.47 bits per heavy atom. The molecule has 0 spiro atoms. The maximum absolute atomic E-state index is 4.68. The van der Waals surface area contributed by atoms with Gasteiger partial charge in [0.2, 0.25) is 0 Å². The smallest absolute Gasteiger partial charge is 0.103 e. The highest BCUT2D eigenvalue weighted by molar-refractivity contribution is 7.99. The van der Waals surface area contributed by atoms with E-state index in [1.54, 1.807) is 0 Å². The molecule has 1 fully saturated rings. The van der Waals surface area contributed by atoms with Crippen LogP contribution >= 0.6 is 23.1 Å². The molecule has 1 N–H and O–H groups in total. The summed E-state index contributed by atoms with van der Waals surface area (Å²) in [5, 5.41) is 7.80. The maximum atomic E-state index is 4.68. The first-order valence-electron chi connectivity index (χ1n) is 6.52. The third-order valence-corrected chi connectivity index (χ3v) is 5.50. The summed E-state index contributed by atoms with van der Waals surface area (Å²) in [5.74, 6) is 1.11. The zero-order chi connectivity index (χ0) is 12.1. The fourth-order valence-corrected chi connectivity index (χ4v) is 4.21. The van der Waals surface area contributed by atoms with Crippen molar-refractivity contribution in [1.82, 2.24) is 10.3 Å². The Kier molecular flexibility index (Phi) is 5.32. The minimum Gasteiger partial charge on any atom is -0.309 e. The topological polar surface area (TPSA) is 24.9 Å². The molecule has 1 aromatic rings. The molecule has 1 heterocycles. The standard InChI is InChI=1S/C13H22N2S2/c1-10(2)14-7-11-8-17-13(15-11)9-16-12-5-3-4-6-12/h8,10,12,14H,3-7,9H2,1-2H3. The molecular weight excluding hydrogens is 248 g/mol. The molecule has 1 aromatic heterocycles. The van der Waals surface area contributed by atoms with Gasteiger partial charge in [-0.25, -0.2) is 4.98 Å². The van der Waals surface area contributed by atoms with E-state index in [1.165, 1.54) is 36.4 Å². The van der Waals surface area contributed by atoms with E-state index >= 15 is 0 Å². The zero-order valence-corrected chi connectivity index (χ0v) is 12.4. The lowest BCUT2D eigenvalue weighted by Gasteiger charge is -2.06. The van der Waals surface area contributed by atoms with E-state index in [1.807, 2.05) is 11.3 Å². The van der Waals surface area contributed by atoms with Crippen molar-refractivity contribution < 1.29 is 0 Å². The van der Waals surface area contributed by atoms with Crippen LogP contribution in [0.25, 0.3) is 0 Å². The van der Waals surface area contributed by atoms with Gasteiger partial charge in [-0.15, -0.1) is 11.3 Å². The van der Waals surface area contributed by atoms with Gasteiger partial charge in [0.15, 0.2) is 0 Å². The first-order valence-corrected chi connectivity index (χ1v) is 8.45. The molecule has 0 aromatic carbocycles. The lowest BCUT2D eigenvalue weighted by atomic mass is 10.4. The summed E-state index contributed by atoms with van der Waals surface area (Å²) in [6.07, 6.45) is 5.69. The SMILES string of the molecule is CC(C)NCc1csc(CSC2CCCC2)n1. The second-order valence-electron chi connectivity index (χ2n) is 4.99. The number of hydrogen-bond donors (Lipinski definition) is 1. The van der Waals surface area contributed by atoms with Crippen LogP contribution < -0.4 is 5.32 Å². The summed E-state index contributed by atoms with van der Waals surface area (Å²) in [6.45, 7) is 5.24. The Bertz CT molecular complexity index is 330. The number of nitrogens with one attached hydrogen (secondary N) is 1. The van der Waals surface area contributed by atoms with Crippen molar-refractivity contribution in [2.45, 2.75) is 63.1 Å². The highest BCUT2D eigenvalue weighted by Crippen LogP contribution is 2.32. The maximum Gasteiger partial charge on any atom is 0.103 e. The van der Waals surface area contributed by atoms with Gasteiger partial charge in [0.25, 0.3) is 0 Å². The number of nitrogens with zero attached hydrogens (tertiary/aromatic N) is 1. The molecule has 0 bridgehead atoms. The normalized spacial score (nSPS) is 17.1. The summed E-state index contributed by atoms with van der Waals surface area (Å²) >= 11 is 3.91. The van der Waals surface area contributed by atoms with Gasteiger partial charge < -0.3 is 5.32 Å². The van der Waals surface area contributed by atoms with Gasteiger partial charge in [-0.1, -0.05) is 26.7 Å². The minimum absolute atomic E-state index is 0.535. The Morgan fingerprint density at radius 2 is 2.24 bits per heavy atom. The number of aromatic nitrogens is 1. The first-order chi connectivity index (χ1) is 8.24. The van der Waals surface area contributed by atoms with Gasteiger partial charge in [0.05, 0.1) is 5.69 Å². The van der Waals surface area contributed by atoms with E-state index < -0.39 is 0 Å². The average molecular weight is 270 g/mol. The third kappa shape index (κ3) is 4.60. The molecule has 4 heteroatoms. The summed E-state index contributed by atoms with van der Waals surface area (Å²) in [4.78, 5) is 4.68. The number of thioether (sulfide) groups is 1. The van der Waals surface area contributed by atoms with Crippen LogP contribution in [0.5, 0.6) is 0 Å². The van der Waals surface area contributed by atoms with Gasteiger partial charge in [-0.05, 0) is 12.8 Å². The van der Waals surface area contributed by atoms with Crippen molar-refractivity contribution >= 4 is 23.1 Å². The summed E-state index contributed by atoms with van der Waals surface area (Å²) in [5.41, 5.74) is 1.20. The molecule has 1 aliphatic carbocycles. The van der Waals surface area contributed by atoms with Crippen LogP contribution in [0.15, 0.2) is 5.38 Å². The van der Waals surface area contributed by atoms with E-state index in [0.29, 0.717) is 6.04 Å². The van der Waals surface area contributed by atoms with Crippen LogP contribution in [-0.2, 0) is 12.3 Å². The minimum atomic E-state index is 0.535. The molecule has 96 valence electrons. The largest absolute Gasteiger partial charge is 0.309 e. The molecule has 17 heavy (non-hydrogen) atoms. The van der Waals surface area contributed by atoms with Crippen LogP contribution in [0.1, 0.15) is 50.2 Å². The van der Waals surface area contributed by atoms with Gasteiger partial charge in [-0.3, -0.25) is 0 Å². The molecule has 0 radical (unpaired) electrons. The van der Waals surface area contributed by atoms with Crippen LogP contribution in [0.2, 0.25) is 0 Å². The predicted molar refractivity (Wildman–Crippen MR) is 77.6 cm³/mol. The monoisotopic (exact) mass is 270 g/mol. The zero-order valence-electron chi connectivity index (χ0n) is 10.7. The molecule has 1 saturated carbocycles. The molecule has 2 nitrogen and oxygen atoms in total. The number of rotatable bonds is 6. The second-order valence-corrected chi connectivity index (χ2v) is 7.22. The molecule has 0 unspecified atom stereocenters. The van der Waals surface area contributed by atoms with E-state index in [4.69, 9.17) is 0 Å². The summed E-state index contributed by atoms with van der Waals surface area (Å²) in [7, 11) is 0. The molecule has 1 aliphatic rings. The van der Waals surface area contributed by atoms with E-state index in [0.717, 1.165) is 17.5 Å². The van der Waals surface area contributed by atoms with E-state index in [-0.39, 0.29) is 0 Å². The first kappa shape index (κ1) is 13.4. The quantitative estimate of drug-likeness (QED) is 0.850. The van der Waals surface area contributed by atoms with E-state index in [2.05, 4.69) is 41.3 Å². The van der Waals surface area contributed by atoms with E-state index in [9.17, 15) is 0 Å². The number of thiazole rings is 1. The Balaban J connectivity index is 1.73. The van der Waals surface area contributed by atoms with Crippen molar-refractivity contribution in [2.24, 2.45) is 0 Å². The van der Waals surface area contributed by atoms with Crippen LogP contribution in [-0.4, -0.2) is 16.3 Å². The summed E-state index contributed by atoms with van der Waals surface area (Å²) < 4.78 is 0. The average Bonchev–Trinajstić information content (AvgIpc) is 2.95. The fourth-order valence-electron chi connectivity index (χ4n) is 2.05. The van der Waals surface area contributed by atoms with Crippen LogP contribution in [0, 0.1) is 0 Å². The number of hydrogen-bond acceptors (Lipinski definition) is 4. The second kappa shape index (κ2) is 6.76. The molecule has 0 atom stereocenters. The summed E-state index contributed by atoms with van der Waals surface area (Å²) in [6, 6.07) is 0.535. The van der Waals surface area contributed by atoms with Gasteiger partial charge in [0.1, 0.15) is 5.01 Å². The third-order valence-electron chi connectivity index (χ3n) is 3.04. The van der Waals surface area contributed by atoms with Crippen molar-refractivity contribution in [3.05, 3.63) is 16.1 Å². The van der Waals surface area contributed by atoms with Crippen molar-refractivity contribution in [3.8, 4) is 0 Å². The molecule has 0 aliphatic heterocycles. The van der Waals surface area contributed by atoms with Crippen molar-refractivity contribution in [2.75, 3.05) is 0 Å². The highest BCUT2D eigenvalue weighted by atomic mass is 32.2. The van der Waals surface area contributed by atoms with Gasteiger partial charge >= 0.3 is 0 Å². The highest BCUT2D eigenvalue weighted by Gasteiger charge is 2.15. The molecule has 0 saturated heterocycles. The Hall–Kier alpha value is -0.0600. The van der Waals surface area contributed by atoms with Crippen molar-refractivity contribution in [3.63, 3.8) is 0 Å². The molecule has 2 rings (SSSR count). The molecular formula is C13H22N2S2. The molecule has 0 amide bonds. The van der Waals surface area contributed by atoms with Gasteiger partial charge in [-0.2, -0.15) is 11.8 Å². The fraction of sp³-hybridized carbons (Fsp3) is 0.769. The lowest BCUT2D eigenvalue weighted by molar-refractivity contribution is 0.582. The van der Waals surface area contributed by atoms with Crippen LogP contribution in [0.3, 0.4) is 0 Å². The van der Waals surface area contributed by atoms with Crippen molar-refractivity contribution in [1.29, 1.82) is 0 Å².